The van der Waals surface area contributed by atoms with E-state index in [1.807, 2.05) is 6.07 Å². The van der Waals surface area contributed by atoms with Gasteiger partial charge >= 0.3 is 6.18 Å². The molecule has 0 saturated carbocycles. The fraction of sp³-hybridized carbons (Fsp3) is 0.133. The first kappa shape index (κ1) is 29.8. The van der Waals surface area contributed by atoms with Gasteiger partial charge in [-0.15, -0.1) is 0 Å². The van der Waals surface area contributed by atoms with Crippen molar-refractivity contribution in [1.29, 1.82) is 0 Å². The number of imidazole rings is 1. The average molecular weight is 643 g/mol. The Labute approximate surface area is 255 Å². The van der Waals surface area contributed by atoms with E-state index in [2.05, 4.69) is 25.9 Å². The number of halogens is 6. The number of nitrogens with zero attached hydrogens (tertiary/aromatic N) is 2. The molecule has 2 aromatic heterocycles. The SMILES string of the molecule is O=C1Cn2c(C(=O)NCc3nc4ccccc4[nH]3)cc(NC(=O)c3cc(F)cc(C(F)(F)F)c3)c2C(c2cc(F)ccc2Cl)N1. The number of aromatic amines is 1. The van der Waals surface area contributed by atoms with Gasteiger partial charge in [-0.2, -0.15) is 13.2 Å². The van der Waals surface area contributed by atoms with Crippen molar-refractivity contribution in [3.8, 4) is 0 Å². The summed E-state index contributed by atoms with van der Waals surface area (Å²) >= 11 is 6.34. The summed E-state index contributed by atoms with van der Waals surface area (Å²) < 4.78 is 69.6. The van der Waals surface area contributed by atoms with Gasteiger partial charge in [-0.25, -0.2) is 13.8 Å². The van der Waals surface area contributed by atoms with Crippen LogP contribution >= 0.6 is 11.6 Å². The molecule has 3 aromatic carbocycles. The number of carbonyl (C=O) groups is 3. The highest BCUT2D eigenvalue weighted by Gasteiger charge is 2.36. The minimum atomic E-state index is -4.93. The van der Waals surface area contributed by atoms with Gasteiger partial charge in [0.1, 0.15) is 29.7 Å². The van der Waals surface area contributed by atoms with Gasteiger partial charge in [0.05, 0.1) is 40.6 Å². The van der Waals surface area contributed by atoms with Crippen LogP contribution in [0, 0.1) is 11.6 Å². The van der Waals surface area contributed by atoms with E-state index in [-0.39, 0.29) is 40.3 Å². The van der Waals surface area contributed by atoms with Gasteiger partial charge in [0.15, 0.2) is 0 Å². The zero-order chi connectivity index (χ0) is 32.0. The number of rotatable bonds is 6. The second-order valence-corrected chi connectivity index (χ2v) is 10.6. The Morgan fingerprint density at radius 1 is 1.00 bits per heavy atom. The highest BCUT2D eigenvalue weighted by Crippen LogP contribution is 2.38. The molecule has 0 aliphatic carbocycles. The number of carbonyl (C=O) groups excluding carboxylic acids is 3. The summed E-state index contributed by atoms with van der Waals surface area (Å²) in [7, 11) is 0. The monoisotopic (exact) mass is 642 g/mol. The average Bonchev–Trinajstić information content (AvgIpc) is 3.57. The van der Waals surface area contributed by atoms with Gasteiger partial charge in [0.2, 0.25) is 5.91 Å². The van der Waals surface area contributed by atoms with Crippen molar-refractivity contribution in [2.45, 2.75) is 25.3 Å². The molecule has 4 N–H and O–H groups in total. The van der Waals surface area contributed by atoms with E-state index < -0.39 is 59.2 Å². The minimum Gasteiger partial charge on any atom is -0.344 e. The standard InChI is InChI=1S/C30H20ClF5N6O3/c31-19-6-5-16(32)10-18(19)26-27-22(40-28(44)14-7-15(30(34,35)36)9-17(33)8-14)11-23(42(27)13-25(43)41-26)29(45)37-12-24-38-20-3-1-2-4-21(20)39-24/h1-11,26H,12-13H2,(H,37,45)(H,38,39)(H,40,44)(H,41,43). The molecule has 0 saturated heterocycles. The number of amides is 3. The van der Waals surface area contributed by atoms with E-state index in [1.165, 1.54) is 16.7 Å². The maximum Gasteiger partial charge on any atom is 0.416 e. The first-order chi connectivity index (χ1) is 21.4. The second-order valence-electron chi connectivity index (χ2n) is 10.1. The molecule has 0 bridgehead atoms. The number of hydrogen-bond acceptors (Lipinski definition) is 4. The Morgan fingerprint density at radius 3 is 2.53 bits per heavy atom. The van der Waals surface area contributed by atoms with Crippen LogP contribution in [0.15, 0.2) is 66.7 Å². The van der Waals surface area contributed by atoms with E-state index >= 15 is 0 Å². The lowest BCUT2D eigenvalue weighted by Gasteiger charge is -2.29. The predicted molar refractivity (Wildman–Crippen MR) is 152 cm³/mol. The third-order valence-electron chi connectivity index (χ3n) is 7.11. The highest BCUT2D eigenvalue weighted by atomic mass is 35.5. The summed E-state index contributed by atoms with van der Waals surface area (Å²) in [6, 6.07) is 12.0. The molecule has 5 aromatic rings. The molecule has 15 heteroatoms. The summed E-state index contributed by atoms with van der Waals surface area (Å²) in [5.41, 5.74) is -0.687. The molecule has 9 nitrogen and oxygen atoms in total. The third kappa shape index (κ3) is 5.96. The lowest BCUT2D eigenvalue weighted by atomic mass is 10.0. The zero-order valence-electron chi connectivity index (χ0n) is 22.7. The smallest absolute Gasteiger partial charge is 0.344 e. The summed E-state index contributed by atoms with van der Waals surface area (Å²) in [6.07, 6.45) is -4.93. The number of aromatic nitrogens is 3. The Morgan fingerprint density at radius 2 is 1.78 bits per heavy atom. The van der Waals surface area contributed by atoms with Crippen LogP contribution in [0.25, 0.3) is 11.0 Å². The van der Waals surface area contributed by atoms with Crippen molar-refractivity contribution in [2.24, 2.45) is 0 Å². The number of H-pyrrole nitrogens is 1. The van der Waals surface area contributed by atoms with E-state index in [9.17, 15) is 36.3 Å². The maximum absolute atomic E-state index is 14.3. The molecule has 1 unspecified atom stereocenters. The van der Waals surface area contributed by atoms with Crippen molar-refractivity contribution in [3.05, 3.63) is 117 Å². The molecular weight excluding hydrogens is 623 g/mol. The normalized spacial score (nSPS) is 14.6. The molecule has 1 aliphatic rings. The molecule has 0 spiro atoms. The lowest BCUT2D eigenvalue weighted by molar-refractivity contribution is -0.137. The molecule has 0 fully saturated rings. The molecule has 3 heterocycles. The first-order valence-electron chi connectivity index (χ1n) is 13.3. The van der Waals surface area contributed by atoms with Crippen molar-refractivity contribution in [3.63, 3.8) is 0 Å². The molecule has 230 valence electrons. The van der Waals surface area contributed by atoms with Crippen molar-refractivity contribution in [1.82, 2.24) is 25.2 Å². The van der Waals surface area contributed by atoms with E-state index in [4.69, 9.17) is 11.6 Å². The van der Waals surface area contributed by atoms with Gasteiger partial charge in [-0.05, 0) is 54.6 Å². The maximum atomic E-state index is 14.3. The molecule has 6 rings (SSSR count). The van der Waals surface area contributed by atoms with Crippen LogP contribution in [-0.2, 0) is 24.1 Å². The molecule has 3 amide bonds. The van der Waals surface area contributed by atoms with Crippen molar-refractivity contribution < 1.29 is 36.3 Å². The lowest BCUT2D eigenvalue weighted by Crippen LogP contribution is -2.41. The topological polar surface area (TPSA) is 121 Å². The summed E-state index contributed by atoms with van der Waals surface area (Å²) in [4.78, 5) is 47.0. The minimum absolute atomic E-state index is 0.0458. The van der Waals surface area contributed by atoms with Crippen LogP contribution in [-0.4, -0.2) is 32.3 Å². The number of anilines is 1. The van der Waals surface area contributed by atoms with Crippen LogP contribution in [0.5, 0.6) is 0 Å². The predicted octanol–water partition coefficient (Wildman–Crippen LogP) is 5.72. The number of fused-ring (bicyclic) bond motifs is 2. The largest absolute Gasteiger partial charge is 0.416 e. The molecule has 1 atom stereocenters. The van der Waals surface area contributed by atoms with E-state index in [1.54, 1.807) is 18.2 Å². The molecule has 45 heavy (non-hydrogen) atoms. The molecule has 1 aliphatic heterocycles. The fourth-order valence-electron chi connectivity index (χ4n) is 5.14. The van der Waals surface area contributed by atoms with Gasteiger partial charge in [-0.1, -0.05) is 23.7 Å². The van der Waals surface area contributed by atoms with Gasteiger partial charge < -0.3 is 25.5 Å². The second kappa shape index (κ2) is 11.4. The summed E-state index contributed by atoms with van der Waals surface area (Å²) in [5, 5.41) is 7.82. The van der Waals surface area contributed by atoms with E-state index in [0.29, 0.717) is 23.5 Å². The number of benzene rings is 3. The van der Waals surface area contributed by atoms with Crippen molar-refractivity contribution >= 4 is 46.0 Å². The number of alkyl halides is 3. The Kier molecular flexibility index (Phi) is 7.52. The zero-order valence-corrected chi connectivity index (χ0v) is 23.5. The summed E-state index contributed by atoms with van der Waals surface area (Å²) in [6.45, 7) is -0.454. The summed E-state index contributed by atoms with van der Waals surface area (Å²) in [5.74, 6) is -3.97. The first-order valence-corrected chi connectivity index (χ1v) is 13.6. The highest BCUT2D eigenvalue weighted by molar-refractivity contribution is 6.31. The number of nitrogens with one attached hydrogen (secondary N) is 4. The number of para-hydroxylation sites is 2. The van der Waals surface area contributed by atoms with Gasteiger partial charge in [0, 0.05) is 16.1 Å². The van der Waals surface area contributed by atoms with Crippen LogP contribution in [0.1, 0.15) is 49.5 Å². The fourth-order valence-corrected chi connectivity index (χ4v) is 5.36. The molecular formula is C30H20ClF5N6O3. The Bertz CT molecular complexity index is 1970. The quantitative estimate of drug-likeness (QED) is 0.177. The van der Waals surface area contributed by atoms with Crippen LogP contribution in [0.2, 0.25) is 5.02 Å². The Hall–Kier alpha value is -5.24. The van der Waals surface area contributed by atoms with E-state index in [0.717, 1.165) is 17.6 Å². The van der Waals surface area contributed by atoms with Gasteiger partial charge in [-0.3, -0.25) is 14.4 Å². The van der Waals surface area contributed by atoms with Crippen LogP contribution < -0.4 is 16.0 Å². The van der Waals surface area contributed by atoms with Crippen LogP contribution in [0.4, 0.5) is 27.6 Å². The van der Waals surface area contributed by atoms with Crippen LogP contribution in [0.3, 0.4) is 0 Å². The van der Waals surface area contributed by atoms with Crippen molar-refractivity contribution in [2.75, 3.05) is 5.32 Å². The molecule has 0 radical (unpaired) electrons. The Balaban J connectivity index is 1.40. The van der Waals surface area contributed by atoms with Gasteiger partial charge in [0.25, 0.3) is 11.8 Å². The number of hydrogen-bond donors (Lipinski definition) is 4. The third-order valence-corrected chi connectivity index (χ3v) is 7.46.